The fourth-order valence-electron chi connectivity index (χ4n) is 1.42. The quantitative estimate of drug-likeness (QED) is 0.717. The summed E-state index contributed by atoms with van der Waals surface area (Å²) in [5, 5.41) is 8.44. The number of nitrogens with zero attached hydrogens (tertiary/aromatic N) is 2. The van der Waals surface area contributed by atoms with Crippen molar-refractivity contribution in [3.63, 3.8) is 0 Å². The molecule has 1 amide bonds. The van der Waals surface area contributed by atoms with Crippen molar-refractivity contribution in [1.82, 2.24) is 9.29 Å². The maximum Gasteiger partial charge on any atom is 0.285 e. The van der Waals surface area contributed by atoms with Crippen LogP contribution in [0.4, 0.5) is 0 Å². The van der Waals surface area contributed by atoms with Crippen molar-refractivity contribution in [2.45, 2.75) is 5.03 Å². The van der Waals surface area contributed by atoms with Crippen LogP contribution in [0.2, 0.25) is 0 Å². The van der Waals surface area contributed by atoms with Crippen molar-refractivity contribution in [1.29, 1.82) is 0 Å². The zero-order valence-electron chi connectivity index (χ0n) is 7.62. The van der Waals surface area contributed by atoms with Crippen molar-refractivity contribution >= 4 is 15.9 Å². The highest BCUT2D eigenvalue weighted by molar-refractivity contribution is 7.90. The molecule has 1 N–H and O–H groups in total. The molecule has 0 unspecified atom stereocenters. The zero-order valence-corrected chi connectivity index (χ0v) is 8.44. The minimum Gasteiger partial charge on any atom is -0.394 e. The van der Waals surface area contributed by atoms with E-state index in [0.717, 1.165) is 0 Å². The van der Waals surface area contributed by atoms with E-state index in [4.69, 9.17) is 5.11 Å². The van der Waals surface area contributed by atoms with Gasteiger partial charge in [0, 0.05) is 6.20 Å². The number of aliphatic hydroxyl groups is 1. The Morgan fingerprint density at radius 1 is 1.47 bits per heavy atom. The van der Waals surface area contributed by atoms with Gasteiger partial charge >= 0.3 is 0 Å². The molecule has 1 aromatic heterocycles. The number of aromatic nitrogens is 1. The molecule has 7 heteroatoms. The van der Waals surface area contributed by atoms with Crippen LogP contribution in [0.1, 0.15) is 10.4 Å². The van der Waals surface area contributed by atoms with E-state index in [1.54, 1.807) is 0 Å². The molecule has 0 saturated heterocycles. The lowest BCUT2D eigenvalue weighted by molar-refractivity contribution is 0.0852. The summed E-state index contributed by atoms with van der Waals surface area (Å²) in [6.07, 6.45) is 1.31. The van der Waals surface area contributed by atoms with E-state index in [1.165, 1.54) is 18.3 Å². The predicted molar refractivity (Wildman–Crippen MR) is 49.5 cm³/mol. The van der Waals surface area contributed by atoms with Crippen molar-refractivity contribution in [3.05, 3.63) is 23.9 Å². The molecule has 0 atom stereocenters. The van der Waals surface area contributed by atoms with Crippen LogP contribution in [0.5, 0.6) is 0 Å². The lowest BCUT2D eigenvalue weighted by atomic mass is 10.3. The Bertz CT molecular complexity index is 511. The Labute approximate surface area is 86.2 Å². The average Bonchev–Trinajstić information content (AvgIpc) is 2.41. The zero-order chi connectivity index (χ0) is 11.1. The van der Waals surface area contributed by atoms with E-state index in [-0.39, 0.29) is 17.1 Å². The van der Waals surface area contributed by atoms with Crippen LogP contribution in [-0.2, 0) is 10.0 Å². The summed E-state index contributed by atoms with van der Waals surface area (Å²) in [4.78, 5) is 15.3. The fourth-order valence-corrected chi connectivity index (χ4v) is 2.89. The SMILES string of the molecule is O=C1c2cccnc2S(=O)(=O)N1CCO. The number of sulfonamides is 1. The van der Waals surface area contributed by atoms with Gasteiger partial charge in [-0.05, 0) is 12.1 Å². The third kappa shape index (κ3) is 1.31. The Morgan fingerprint density at radius 3 is 2.80 bits per heavy atom. The summed E-state index contributed by atoms with van der Waals surface area (Å²) in [5.74, 6) is -0.632. The third-order valence-corrected chi connectivity index (χ3v) is 3.81. The smallest absolute Gasteiger partial charge is 0.285 e. The van der Waals surface area contributed by atoms with Gasteiger partial charge in [-0.25, -0.2) is 9.29 Å². The second-order valence-electron chi connectivity index (χ2n) is 2.96. The van der Waals surface area contributed by atoms with Crippen LogP contribution in [0, 0.1) is 0 Å². The van der Waals surface area contributed by atoms with Crippen molar-refractivity contribution in [2.75, 3.05) is 13.2 Å². The fraction of sp³-hybridized carbons (Fsp3) is 0.250. The molecule has 6 nitrogen and oxygen atoms in total. The number of hydrogen-bond donors (Lipinski definition) is 1. The molecule has 0 aliphatic carbocycles. The van der Waals surface area contributed by atoms with Gasteiger partial charge in [0.2, 0.25) is 0 Å². The Hall–Kier alpha value is -1.47. The third-order valence-electron chi connectivity index (χ3n) is 2.07. The highest BCUT2D eigenvalue weighted by Crippen LogP contribution is 2.27. The highest BCUT2D eigenvalue weighted by Gasteiger charge is 2.41. The van der Waals surface area contributed by atoms with Gasteiger partial charge in [0.15, 0.2) is 5.03 Å². The molecule has 2 rings (SSSR count). The molecule has 0 bridgehead atoms. The topological polar surface area (TPSA) is 87.6 Å². The first kappa shape index (κ1) is 10.1. The number of rotatable bonds is 2. The van der Waals surface area contributed by atoms with Gasteiger partial charge in [-0.3, -0.25) is 4.79 Å². The minimum absolute atomic E-state index is 0.0611. The summed E-state index contributed by atoms with van der Waals surface area (Å²) < 4.78 is 24.1. The van der Waals surface area contributed by atoms with Crippen molar-refractivity contribution in [3.8, 4) is 0 Å². The molecule has 2 heterocycles. The molecular formula is C8H8N2O4S. The van der Waals surface area contributed by atoms with Gasteiger partial charge in [0.25, 0.3) is 15.9 Å². The van der Waals surface area contributed by atoms with Crippen molar-refractivity contribution < 1.29 is 18.3 Å². The molecular weight excluding hydrogens is 220 g/mol. The Balaban J connectivity index is 2.60. The first-order valence-electron chi connectivity index (χ1n) is 4.22. The second-order valence-corrected chi connectivity index (χ2v) is 4.74. The normalized spacial score (nSPS) is 17.9. The Kier molecular flexibility index (Phi) is 2.20. The van der Waals surface area contributed by atoms with Gasteiger partial charge < -0.3 is 5.11 Å². The maximum atomic E-state index is 11.7. The first-order chi connectivity index (χ1) is 7.09. The van der Waals surface area contributed by atoms with Gasteiger partial charge in [-0.1, -0.05) is 0 Å². The number of amides is 1. The predicted octanol–water partition coefficient (Wildman–Crippen LogP) is -0.782. The van der Waals surface area contributed by atoms with Gasteiger partial charge in [-0.15, -0.1) is 0 Å². The molecule has 1 aliphatic heterocycles. The minimum atomic E-state index is -3.85. The largest absolute Gasteiger partial charge is 0.394 e. The van der Waals surface area contributed by atoms with E-state index in [2.05, 4.69) is 4.98 Å². The molecule has 0 aromatic carbocycles. The maximum absolute atomic E-state index is 11.7. The lowest BCUT2D eigenvalue weighted by Gasteiger charge is -2.11. The molecule has 0 radical (unpaired) electrons. The first-order valence-corrected chi connectivity index (χ1v) is 5.66. The summed E-state index contributed by atoms with van der Waals surface area (Å²) in [6.45, 7) is -0.642. The van der Waals surface area contributed by atoms with Gasteiger partial charge in [0.05, 0.1) is 18.7 Å². The van der Waals surface area contributed by atoms with Crippen LogP contribution >= 0.6 is 0 Å². The monoisotopic (exact) mass is 228 g/mol. The number of aliphatic hydroxyl groups excluding tert-OH is 1. The summed E-state index contributed by atoms with van der Waals surface area (Å²) in [7, 11) is -3.85. The summed E-state index contributed by atoms with van der Waals surface area (Å²) >= 11 is 0. The molecule has 0 fully saturated rings. The average molecular weight is 228 g/mol. The molecule has 0 saturated carbocycles. The van der Waals surface area contributed by atoms with E-state index >= 15 is 0 Å². The molecule has 15 heavy (non-hydrogen) atoms. The Morgan fingerprint density at radius 2 is 2.20 bits per heavy atom. The van der Waals surface area contributed by atoms with Crippen LogP contribution in [0.3, 0.4) is 0 Å². The van der Waals surface area contributed by atoms with Gasteiger partial charge in [-0.2, -0.15) is 8.42 Å². The lowest BCUT2D eigenvalue weighted by Crippen LogP contribution is -2.32. The van der Waals surface area contributed by atoms with Crippen molar-refractivity contribution in [2.24, 2.45) is 0 Å². The van der Waals surface area contributed by atoms with E-state index in [0.29, 0.717) is 4.31 Å². The van der Waals surface area contributed by atoms with E-state index in [9.17, 15) is 13.2 Å². The summed E-state index contributed by atoms with van der Waals surface area (Å²) in [5.41, 5.74) is 0.0611. The number of fused-ring (bicyclic) bond motifs is 1. The number of hydrogen-bond acceptors (Lipinski definition) is 5. The standard InChI is InChI=1S/C8H8N2O4S/c11-5-4-10-8(12)6-2-1-3-9-7(6)15(10,13)14/h1-3,11H,4-5H2. The number of carbonyl (C=O) groups excluding carboxylic acids is 1. The molecule has 80 valence electrons. The number of β-amino-alcohol motifs (C(OH)–C–C–N with tert-alkyl or cyclic N) is 1. The van der Waals surface area contributed by atoms with Crippen LogP contribution in [0.15, 0.2) is 23.4 Å². The van der Waals surface area contributed by atoms with Crippen LogP contribution in [0.25, 0.3) is 0 Å². The van der Waals surface area contributed by atoms with Gasteiger partial charge in [0.1, 0.15) is 0 Å². The summed E-state index contributed by atoms with van der Waals surface area (Å²) in [6, 6.07) is 2.90. The van der Waals surface area contributed by atoms with E-state index in [1.807, 2.05) is 0 Å². The molecule has 1 aromatic rings. The van der Waals surface area contributed by atoms with Crippen LogP contribution < -0.4 is 0 Å². The number of carbonyl (C=O) groups is 1. The van der Waals surface area contributed by atoms with E-state index < -0.39 is 22.5 Å². The molecule has 1 aliphatic rings. The number of pyridine rings is 1. The second kappa shape index (κ2) is 3.28. The van der Waals surface area contributed by atoms with Crippen LogP contribution in [-0.4, -0.2) is 41.9 Å². The highest BCUT2D eigenvalue weighted by atomic mass is 32.2. The molecule has 0 spiro atoms.